The van der Waals surface area contributed by atoms with Gasteiger partial charge in [0.25, 0.3) is 0 Å². The number of anilines is 1. The van der Waals surface area contributed by atoms with Crippen LogP contribution in [0.3, 0.4) is 0 Å². The molecular weight excluding hydrogens is 375 g/mol. The lowest BCUT2D eigenvalue weighted by molar-refractivity contribution is -0.113. The topological polar surface area (TPSA) is 59.8 Å². The lowest BCUT2D eigenvalue weighted by atomic mass is 10.0. The zero-order chi connectivity index (χ0) is 18.3. The minimum absolute atomic E-state index is 0.178. The van der Waals surface area contributed by atoms with E-state index in [0.717, 1.165) is 5.56 Å². The average Bonchev–Trinajstić information content (AvgIpc) is 2.83. The van der Waals surface area contributed by atoms with Crippen LogP contribution in [0.4, 0.5) is 10.2 Å². The number of pyridine rings is 1. The highest BCUT2D eigenvalue weighted by atomic mass is 35.5. The lowest BCUT2D eigenvalue weighted by Crippen LogP contribution is -2.16. The molecule has 0 radical (unpaired) electrons. The van der Waals surface area contributed by atoms with Crippen LogP contribution < -0.4 is 5.32 Å². The second-order valence-electron chi connectivity index (χ2n) is 5.82. The van der Waals surface area contributed by atoms with Crippen LogP contribution in [0.15, 0.2) is 42.6 Å². The monoisotopic (exact) mass is 388 g/mol. The SMILES string of the molecule is Cc1nn(-c2ccccn2)c2c1[C@H](c1c(F)cccc1Cl)SCC(=O)N2. The Morgan fingerprint density at radius 1 is 1.27 bits per heavy atom. The van der Waals surface area contributed by atoms with Gasteiger partial charge in [-0.25, -0.2) is 9.37 Å². The first-order valence-corrected chi connectivity index (χ1v) is 9.35. The highest BCUT2D eigenvalue weighted by Crippen LogP contribution is 2.46. The number of hydrogen-bond donors (Lipinski definition) is 1. The predicted molar refractivity (Wildman–Crippen MR) is 100 cm³/mol. The number of hydrogen-bond acceptors (Lipinski definition) is 4. The van der Waals surface area contributed by atoms with E-state index in [1.165, 1.54) is 17.8 Å². The van der Waals surface area contributed by atoms with Gasteiger partial charge in [0.1, 0.15) is 11.6 Å². The Morgan fingerprint density at radius 2 is 2.12 bits per heavy atom. The number of amides is 1. The van der Waals surface area contributed by atoms with Crippen LogP contribution in [0.5, 0.6) is 0 Å². The summed E-state index contributed by atoms with van der Waals surface area (Å²) in [4.78, 5) is 16.6. The van der Waals surface area contributed by atoms with Crippen LogP contribution in [0.1, 0.15) is 22.1 Å². The van der Waals surface area contributed by atoms with E-state index in [2.05, 4.69) is 15.4 Å². The molecule has 1 aliphatic rings. The highest BCUT2D eigenvalue weighted by Gasteiger charge is 2.33. The van der Waals surface area contributed by atoms with Crippen molar-refractivity contribution in [2.45, 2.75) is 12.2 Å². The molecule has 2 aromatic heterocycles. The van der Waals surface area contributed by atoms with Crippen molar-refractivity contribution in [3.8, 4) is 5.82 Å². The fourth-order valence-electron chi connectivity index (χ4n) is 3.02. The van der Waals surface area contributed by atoms with Crippen molar-refractivity contribution in [3.63, 3.8) is 0 Å². The lowest BCUT2D eigenvalue weighted by Gasteiger charge is -2.17. The molecule has 1 aromatic carbocycles. The quantitative estimate of drug-likeness (QED) is 0.716. The summed E-state index contributed by atoms with van der Waals surface area (Å²) >= 11 is 7.63. The third-order valence-corrected chi connectivity index (χ3v) is 5.70. The van der Waals surface area contributed by atoms with E-state index in [1.807, 2.05) is 13.0 Å². The number of aryl methyl sites for hydroxylation is 1. The van der Waals surface area contributed by atoms with Gasteiger partial charge in [-0.05, 0) is 31.2 Å². The summed E-state index contributed by atoms with van der Waals surface area (Å²) in [5.74, 6) is 0.678. The van der Waals surface area contributed by atoms with Gasteiger partial charge < -0.3 is 5.32 Å². The van der Waals surface area contributed by atoms with E-state index in [9.17, 15) is 9.18 Å². The Kier molecular flexibility index (Phi) is 4.42. The molecule has 0 saturated heterocycles. The van der Waals surface area contributed by atoms with Gasteiger partial charge in [-0.3, -0.25) is 4.79 Å². The fourth-order valence-corrected chi connectivity index (χ4v) is 4.60. The molecule has 8 heteroatoms. The highest BCUT2D eigenvalue weighted by molar-refractivity contribution is 8.00. The number of thioether (sulfide) groups is 1. The minimum Gasteiger partial charge on any atom is -0.310 e. The molecule has 0 saturated carbocycles. The summed E-state index contributed by atoms with van der Waals surface area (Å²) in [6, 6.07) is 10.0. The number of carbonyl (C=O) groups is 1. The van der Waals surface area contributed by atoms with Gasteiger partial charge in [0.15, 0.2) is 5.82 Å². The molecule has 3 heterocycles. The molecule has 3 aromatic rings. The molecule has 0 bridgehead atoms. The van der Waals surface area contributed by atoms with Crippen molar-refractivity contribution < 1.29 is 9.18 Å². The fraction of sp³-hybridized carbons (Fsp3) is 0.167. The Morgan fingerprint density at radius 3 is 2.85 bits per heavy atom. The maximum atomic E-state index is 14.6. The van der Waals surface area contributed by atoms with Crippen molar-refractivity contribution >= 4 is 35.1 Å². The molecule has 0 aliphatic carbocycles. The van der Waals surface area contributed by atoms with Gasteiger partial charge in [-0.1, -0.05) is 23.7 Å². The molecule has 0 spiro atoms. The van der Waals surface area contributed by atoms with Gasteiger partial charge in [0.05, 0.1) is 16.7 Å². The van der Waals surface area contributed by atoms with Crippen LogP contribution in [-0.2, 0) is 4.79 Å². The van der Waals surface area contributed by atoms with Gasteiger partial charge in [-0.15, -0.1) is 11.8 Å². The molecule has 1 amide bonds. The van der Waals surface area contributed by atoms with Crippen molar-refractivity contribution in [2.24, 2.45) is 0 Å². The van der Waals surface area contributed by atoms with Crippen LogP contribution in [0.25, 0.3) is 5.82 Å². The normalized spacial score (nSPS) is 16.7. The molecule has 1 aliphatic heterocycles. The number of rotatable bonds is 2. The molecular formula is C18H14ClFN4OS. The summed E-state index contributed by atoms with van der Waals surface area (Å²) in [7, 11) is 0. The van der Waals surface area contributed by atoms with Gasteiger partial charge in [0.2, 0.25) is 5.91 Å². The number of nitrogens with one attached hydrogen (secondary N) is 1. The Hall–Kier alpha value is -2.38. The second-order valence-corrected chi connectivity index (χ2v) is 7.32. The zero-order valence-corrected chi connectivity index (χ0v) is 15.3. The summed E-state index contributed by atoms with van der Waals surface area (Å²) in [5, 5.41) is 7.30. The van der Waals surface area contributed by atoms with E-state index >= 15 is 0 Å². The standard InChI is InChI=1S/C18H14ClFN4OS/c1-10-15-17(16-11(19)5-4-6-12(16)20)26-9-14(25)22-18(15)24(23-10)13-7-2-3-8-21-13/h2-8,17H,9H2,1H3,(H,22,25)/t17-/m1/s1. The number of benzene rings is 1. The van der Waals surface area contributed by atoms with Crippen LogP contribution in [-0.4, -0.2) is 26.4 Å². The van der Waals surface area contributed by atoms with Crippen LogP contribution >= 0.6 is 23.4 Å². The van der Waals surface area contributed by atoms with E-state index in [4.69, 9.17) is 11.6 Å². The van der Waals surface area contributed by atoms with Gasteiger partial charge in [-0.2, -0.15) is 9.78 Å². The third kappa shape index (κ3) is 2.87. The van der Waals surface area contributed by atoms with Crippen molar-refractivity contribution in [3.05, 3.63) is 70.3 Å². The second kappa shape index (κ2) is 6.74. The molecule has 26 heavy (non-hydrogen) atoms. The average molecular weight is 389 g/mol. The molecule has 0 unspecified atom stereocenters. The first-order chi connectivity index (χ1) is 12.6. The third-order valence-electron chi connectivity index (χ3n) is 4.14. The minimum atomic E-state index is -0.449. The molecule has 0 fully saturated rings. The smallest absolute Gasteiger partial charge is 0.235 e. The Labute approximate surface area is 158 Å². The van der Waals surface area contributed by atoms with Crippen LogP contribution in [0, 0.1) is 12.7 Å². The predicted octanol–water partition coefficient (Wildman–Crippen LogP) is 4.14. The number of halogens is 2. The summed E-state index contributed by atoms with van der Waals surface area (Å²) in [6.07, 6.45) is 1.65. The van der Waals surface area contributed by atoms with E-state index in [1.54, 1.807) is 35.1 Å². The Balaban J connectivity index is 1.95. The molecule has 4 rings (SSSR count). The van der Waals surface area contributed by atoms with Gasteiger partial charge in [0, 0.05) is 22.3 Å². The zero-order valence-electron chi connectivity index (χ0n) is 13.7. The van der Waals surface area contributed by atoms with E-state index < -0.39 is 11.1 Å². The van der Waals surface area contributed by atoms with E-state index in [0.29, 0.717) is 27.9 Å². The number of aromatic nitrogens is 3. The number of carbonyl (C=O) groups excluding carboxylic acids is 1. The number of nitrogens with zero attached hydrogens (tertiary/aromatic N) is 3. The number of fused-ring (bicyclic) bond motifs is 1. The summed E-state index contributed by atoms with van der Waals surface area (Å²) < 4.78 is 16.2. The van der Waals surface area contributed by atoms with E-state index in [-0.39, 0.29) is 11.7 Å². The van der Waals surface area contributed by atoms with Crippen LogP contribution in [0.2, 0.25) is 5.02 Å². The largest absolute Gasteiger partial charge is 0.310 e. The molecule has 132 valence electrons. The molecule has 5 nitrogen and oxygen atoms in total. The molecule has 1 N–H and O–H groups in total. The van der Waals surface area contributed by atoms with Crippen molar-refractivity contribution in [2.75, 3.05) is 11.1 Å². The van der Waals surface area contributed by atoms with Gasteiger partial charge >= 0.3 is 0 Å². The maximum Gasteiger partial charge on any atom is 0.235 e. The summed E-state index contributed by atoms with van der Waals surface area (Å²) in [5.41, 5.74) is 1.78. The molecule has 1 atom stereocenters. The van der Waals surface area contributed by atoms with Crippen molar-refractivity contribution in [1.82, 2.24) is 14.8 Å². The Bertz CT molecular complexity index is 972. The van der Waals surface area contributed by atoms with Crippen molar-refractivity contribution in [1.29, 1.82) is 0 Å². The summed E-state index contributed by atoms with van der Waals surface area (Å²) in [6.45, 7) is 1.83. The first-order valence-electron chi connectivity index (χ1n) is 7.92. The first kappa shape index (κ1) is 17.1. The maximum absolute atomic E-state index is 14.6.